The summed E-state index contributed by atoms with van der Waals surface area (Å²) in [6.45, 7) is 6.36. The molecule has 1 aliphatic heterocycles. The van der Waals surface area contributed by atoms with Gasteiger partial charge in [-0.3, -0.25) is 9.98 Å². The summed E-state index contributed by atoms with van der Waals surface area (Å²) in [5, 5.41) is 0. The van der Waals surface area contributed by atoms with Gasteiger partial charge in [0.05, 0.1) is 17.1 Å². The number of aliphatic imine (C=N–C) groups is 2. The fraction of sp³-hybridized carbons (Fsp3) is 0.200. The molecule has 0 fully saturated rings. The van der Waals surface area contributed by atoms with E-state index in [-0.39, 0.29) is 0 Å². The van der Waals surface area contributed by atoms with Gasteiger partial charge in [-0.15, -0.1) is 0 Å². The lowest BCUT2D eigenvalue weighted by Crippen LogP contribution is -2.11. The summed E-state index contributed by atoms with van der Waals surface area (Å²) in [6, 6.07) is 23.5. The molecule has 2 heteroatoms. The maximum absolute atomic E-state index is 5.08. The molecule has 0 spiro atoms. The van der Waals surface area contributed by atoms with E-state index in [1.807, 2.05) is 6.07 Å². The van der Waals surface area contributed by atoms with Crippen molar-refractivity contribution in [2.75, 3.05) is 0 Å². The fourth-order valence-corrected chi connectivity index (χ4v) is 3.58. The number of fused-ring (bicyclic) bond motifs is 1. The van der Waals surface area contributed by atoms with Gasteiger partial charge in [-0.25, -0.2) is 0 Å². The first-order valence-electron chi connectivity index (χ1n) is 9.45. The summed E-state index contributed by atoms with van der Waals surface area (Å²) >= 11 is 0. The van der Waals surface area contributed by atoms with E-state index in [4.69, 9.17) is 9.98 Å². The molecule has 1 heterocycles. The fourth-order valence-electron chi connectivity index (χ4n) is 3.58. The maximum atomic E-state index is 5.08. The summed E-state index contributed by atoms with van der Waals surface area (Å²) in [4.78, 5) is 10.1. The molecule has 0 aliphatic carbocycles. The molecular weight excluding hydrogens is 328 g/mol. The molecule has 4 rings (SSSR count). The van der Waals surface area contributed by atoms with Crippen LogP contribution in [0.4, 0.5) is 11.4 Å². The zero-order valence-corrected chi connectivity index (χ0v) is 16.2. The predicted molar refractivity (Wildman–Crippen MR) is 115 cm³/mol. The standard InChI is InChI=1S/C25H24N2/c1-17-9-11-20(12-10-17)15-22-16-23(21-7-5-4-6-8-21)27-24-14-18(2)13-19(3)25(24)26-22/h4-14H,15-16H2,1-3H3. The van der Waals surface area contributed by atoms with E-state index in [2.05, 4.69) is 81.4 Å². The van der Waals surface area contributed by atoms with Gasteiger partial charge in [0.2, 0.25) is 0 Å². The Labute approximate surface area is 161 Å². The van der Waals surface area contributed by atoms with Crippen LogP contribution < -0.4 is 0 Å². The molecule has 27 heavy (non-hydrogen) atoms. The Kier molecular flexibility index (Phi) is 4.72. The van der Waals surface area contributed by atoms with Gasteiger partial charge >= 0.3 is 0 Å². The van der Waals surface area contributed by atoms with Gasteiger partial charge in [0, 0.05) is 18.6 Å². The van der Waals surface area contributed by atoms with Crippen molar-refractivity contribution in [1.29, 1.82) is 0 Å². The Morgan fingerprint density at radius 2 is 1.52 bits per heavy atom. The van der Waals surface area contributed by atoms with Crippen LogP contribution in [0.3, 0.4) is 0 Å². The third-order valence-electron chi connectivity index (χ3n) is 4.96. The van der Waals surface area contributed by atoms with Crippen LogP contribution in [0.1, 0.15) is 34.2 Å². The first-order chi connectivity index (χ1) is 13.1. The first kappa shape index (κ1) is 17.4. The van der Waals surface area contributed by atoms with Crippen molar-refractivity contribution in [2.45, 2.75) is 33.6 Å². The topological polar surface area (TPSA) is 24.7 Å². The molecule has 0 saturated heterocycles. The van der Waals surface area contributed by atoms with Crippen molar-refractivity contribution >= 4 is 22.8 Å². The molecule has 0 aromatic heterocycles. The van der Waals surface area contributed by atoms with Gasteiger partial charge in [-0.2, -0.15) is 0 Å². The Morgan fingerprint density at radius 3 is 2.26 bits per heavy atom. The van der Waals surface area contributed by atoms with Gasteiger partial charge in [-0.1, -0.05) is 66.2 Å². The van der Waals surface area contributed by atoms with Crippen LogP contribution in [0.5, 0.6) is 0 Å². The highest BCUT2D eigenvalue weighted by atomic mass is 14.9. The number of rotatable bonds is 3. The molecule has 0 unspecified atom stereocenters. The predicted octanol–water partition coefficient (Wildman–Crippen LogP) is 6.45. The van der Waals surface area contributed by atoms with Gasteiger partial charge < -0.3 is 0 Å². The highest BCUT2D eigenvalue weighted by Crippen LogP contribution is 2.36. The van der Waals surface area contributed by atoms with E-state index >= 15 is 0 Å². The SMILES string of the molecule is Cc1ccc(CC2=Nc3c(C)cc(C)cc3N=C(c3ccccc3)C2)cc1. The van der Waals surface area contributed by atoms with Crippen LogP contribution in [-0.4, -0.2) is 11.4 Å². The van der Waals surface area contributed by atoms with Crippen molar-refractivity contribution in [3.05, 3.63) is 94.5 Å². The molecule has 134 valence electrons. The second kappa shape index (κ2) is 7.32. The molecular formula is C25H24N2. The molecule has 3 aromatic carbocycles. The van der Waals surface area contributed by atoms with Crippen molar-refractivity contribution in [3.63, 3.8) is 0 Å². The van der Waals surface area contributed by atoms with Crippen LogP contribution in [0, 0.1) is 20.8 Å². The van der Waals surface area contributed by atoms with E-state index in [0.29, 0.717) is 0 Å². The number of hydrogen-bond donors (Lipinski definition) is 0. The lowest BCUT2D eigenvalue weighted by molar-refractivity contribution is 1.25. The Bertz CT molecular complexity index is 1030. The van der Waals surface area contributed by atoms with E-state index in [1.54, 1.807) is 0 Å². The van der Waals surface area contributed by atoms with Crippen LogP contribution in [0.2, 0.25) is 0 Å². The van der Waals surface area contributed by atoms with Crippen LogP contribution in [0.15, 0.2) is 76.7 Å². The highest BCUT2D eigenvalue weighted by molar-refractivity contribution is 6.15. The molecule has 0 atom stereocenters. The molecule has 0 amide bonds. The number of benzene rings is 3. The van der Waals surface area contributed by atoms with Crippen molar-refractivity contribution in [1.82, 2.24) is 0 Å². The minimum absolute atomic E-state index is 0.769. The van der Waals surface area contributed by atoms with Gasteiger partial charge in [-0.05, 0) is 49.1 Å². The molecule has 0 N–H and O–H groups in total. The van der Waals surface area contributed by atoms with Crippen LogP contribution >= 0.6 is 0 Å². The summed E-state index contributed by atoms with van der Waals surface area (Å²) < 4.78 is 0. The monoisotopic (exact) mass is 352 g/mol. The minimum Gasteiger partial charge on any atom is -0.255 e. The number of nitrogens with zero attached hydrogens (tertiary/aromatic N) is 2. The lowest BCUT2D eigenvalue weighted by Gasteiger charge is -2.08. The molecule has 0 bridgehead atoms. The second-order valence-corrected chi connectivity index (χ2v) is 7.39. The van der Waals surface area contributed by atoms with E-state index in [1.165, 1.54) is 27.8 Å². The molecule has 1 aliphatic rings. The molecule has 0 saturated carbocycles. The second-order valence-electron chi connectivity index (χ2n) is 7.39. The van der Waals surface area contributed by atoms with Gasteiger partial charge in [0.25, 0.3) is 0 Å². The molecule has 2 nitrogen and oxygen atoms in total. The number of hydrogen-bond acceptors (Lipinski definition) is 2. The highest BCUT2D eigenvalue weighted by Gasteiger charge is 2.17. The Morgan fingerprint density at radius 1 is 0.778 bits per heavy atom. The quantitative estimate of drug-likeness (QED) is 0.517. The normalized spacial score (nSPS) is 13.4. The van der Waals surface area contributed by atoms with Crippen molar-refractivity contribution in [2.24, 2.45) is 9.98 Å². The van der Waals surface area contributed by atoms with Gasteiger partial charge in [0.15, 0.2) is 0 Å². The first-order valence-corrected chi connectivity index (χ1v) is 9.45. The van der Waals surface area contributed by atoms with E-state index in [9.17, 15) is 0 Å². The zero-order chi connectivity index (χ0) is 18.8. The minimum atomic E-state index is 0.769. The van der Waals surface area contributed by atoms with E-state index < -0.39 is 0 Å². The average molecular weight is 352 g/mol. The number of aryl methyl sites for hydroxylation is 3. The summed E-state index contributed by atoms with van der Waals surface area (Å²) in [5.41, 5.74) is 10.4. The molecule has 3 aromatic rings. The summed E-state index contributed by atoms with van der Waals surface area (Å²) in [7, 11) is 0. The lowest BCUT2D eigenvalue weighted by atomic mass is 9.99. The third-order valence-corrected chi connectivity index (χ3v) is 4.96. The Balaban J connectivity index is 1.80. The van der Waals surface area contributed by atoms with Crippen molar-refractivity contribution in [3.8, 4) is 0 Å². The Hall–Kier alpha value is -3.00. The third kappa shape index (κ3) is 3.90. The van der Waals surface area contributed by atoms with Gasteiger partial charge in [0.1, 0.15) is 0 Å². The van der Waals surface area contributed by atoms with Crippen LogP contribution in [0.25, 0.3) is 0 Å². The zero-order valence-electron chi connectivity index (χ0n) is 16.2. The summed E-state index contributed by atoms with van der Waals surface area (Å²) in [6.07, 6.45) is 1.62. The van der Waals surface area contributed by atoms with Crippen LogP contribution in [-0.2, 0) is 6.42 Å². The van der Waals surface area contributed by atoms with Crippen molar-refractivity contribution < 1.29 is 0 Å². The van der Waals surface area contributed by atoms with E-state index in [0.717, 1.165) is 35.6 Å². The smallest absolute Gasteiger partial charge is 0.0915 e. The average Bonchev–Trinajstić information content (AvgIpc) is 2.84. The largest absolute Gasteiger partial charge is 0.255 e. The maximum Gasteiger partial charge on any atom is 0.0915 e. The summed E-state index contributed by atoms with van der Waals surface area (Å²) in [5.74, 6) is 0. The molecule has 0 radical (unpaired) electrons.